The first-order chi connectivity index (χ1) is 6.92. The fraction of sp³-hybridized carbons (Fsp3) is 0.909. The zero-order valence-corrected chi connectivity index (χ0v) is 10.5. The van der Waals surface area contributed by atoms with Crippen LogP contribution in [0.2, 0.25) is 0 Å². The number of nitrogens with two attached hydrogens (primary N) is 1. The molecule has 0 fully saturated rings. The van der Waals surface area contributed by atoms with Crippen molar-refractivity contribution in [1.82, 2.24) is 4.90 Å². The van der Waals surface area contributed by atoms with Crippen LogP contribution in [0.4, 0.5) is 0 Å². The van der Waals surface area contributed by atoms with Crippen LogP contribution in [0.25, 0.3) is 0 Å². The van der Waals surface area contributed by atoms with E-state index in [9.17, 15) is 4.79 Å². The fourth-order valence-corrected chi connectivity index (χ4v) is 1.36. The minimum atomic E-state index is -0.448. The van der Waals surface area contributed by atoms with Crippen molar-refractivity contribution in [2.24, 2.45) is 11.1 Å². The van der Waals surface area contributed by atoms with E-state index in [1.54, 1.807) is 19.1 Å². The van der Waals surface area contributed by atoms with Gasteiger partial charge >= 0.3 is 0 Å². The number of methoxy groups -OCH3 is 1. The van der Waals surface area contributed by atoms with Crippen molar-refractivity contribution in [1.29, 1.82) is 0 Å². The Morgan fingerprint density at radius 2 is 2.13 bits per heavy atom. The summed E-state index contributed by atoms with van der Waals surface area (Å²) in [6.45, 7) is 6.79. The molecule has 0 radical (unpaired) electrons. The Morgan fingerprint density at radius 1 is 1.60 bits per heavy atom. The van der Waals surface area contributed by atoms with E-state index in [0.717, 1.165) is 6.42 Å². The molecule has 0 spiro atoms. The maximum absolute atomic E-state index is 12.1. The number of hydrogen-bond donors (Lipinski definition) is 1. The van der Waals surface area contributed by atoms with Gasteiger partial charge in [-0.3, -0.25) is 4.79 Å². The predicted octanol–water partition coefficient (Wildman–Crippen LogP) is 0.855. The Hall–Kier alpha value is -0.610. The molecular weight excluding hydrogens is 192 g/mol. The summed E-state index contributed by atoms with van der Waals surface area (Å²) in [4.78, 5) is 13.9. The summed E-state index contributed by atoms with van der Waals surface area (Å²) < 4.78 is 5.03. The number of amides is 1. The Bertz CT molecular complexity index is 203. The molecule has 0 heterocycles. The van der Waals surface area contributed by atoms with Crippen LogP contribution in [-0.4, -0.2) is 44.2 Å². The third-order valence-corrected chi connectivity index (χ3v) is 3.14. The van der Waals surface area contributed by atoms with Crippen molar-refractivity contribution < 1.29 is 9.53 Å². The second-order valence-corrected chi connectivity index (χ2v) is 4.34. The Balaban J connectivity index is 4.54. The lowest BCUT2D eigenvalue weighted by atomic mass is 9.86. The Kier molecular flexibility index (Phi) is 5.83. The highest BCUT2D eigenvalue weighted by Gasteiger charge is 2.33. The number of ether oxygens (including phenoxy) is 1. The number of likely N-dealkylation sites (N-methyl/N-ethyl adjacent to an activating group) is 1. The van der Waals surface area contributed by atoms with Gasteiger partial charge in [0, 0.05) is 20.7 Å². The van der Waals surface area contributed by atoms with Gasteiger partial charge in [0.25, 0.3) is 0 Å². The molecule has 0 aliphatic heterocycles. The van der Waals surface area contributed by atoms with E-state index in [2.05, 4.69) is 0 Å². The summed E-state index contributed by atoms with van der Waals surface area (Å²) >= 11 is 0. The molecule has 15 heavy (non-hydrogen) atoms. The average molecular weight is 216 g/mol. The normalized spacial score (nSPS) is 16.9. The van der Waals surface area contributed by atoms with Gasteiger partial charge in [-0.2, -0.15) is 0 Å². The summed E-state index contributed by atoms with van der Waals surface area (Å²) in [5.74, 6) is 0.0945. The largest absolute Gasteiger partial charge is 0.383 e. The van der Waals surface area contributed by atoms with Crippen molar-refractivity contribution in [3.63, 3.8) is 0 Å². The lowest BCUT2D eigenvalue weighted by Crippen LogP contribution is -2.48. The number of rotatable bonds is 6. The summed E-state index contributed by atoms with van der Waals surface area (Å²) in [5, 5.41) is 0. The lowest BCUT2D eigenvalue weighted by Gasteiger charge is -2.34. The lowest BCUT2D eigenvalue weighted by molar-refractivity contribution is -0.142. The maximum Gasteiger partial charge on any atom is 0.229 e. The number of carbonyl (C=O) groups is 1. The second-order valence-electron chi connectivity index (χ2n) is 4.34. The van der Waals surface area contributed by atoms with Crippen molar-refractivity contribution in [2.45, 2.75) is 33.2 Å². The van der Waals surface area contributed by atoms with Crippen LogP contribution in [0.3, 0.4) is 0 Å². The predicted molar refractivity (Wildman–Crippen MR) is 61.6 cm³/mol. The van der Waals surface area contributed by atoms with Gasteiger partial charge in [0.15, 0.2) is 0 Å². The smallest absolute Gasteiger partial charge is 0.229 e. The molecule has 0 bridgehead atoms. The van der Waals surface area contributed by atoms with Crippen LogP contribution in [0, 0.1) is 5.41 Å². The van der Waals surface area contributed by atoms with E-state index in [-0.39, 0.29) is 11.9 Å². The van der Waals surface area contributed by atoms with Crippen LogP contribution in [0.1, 0.15) is 27.2 Å². The van der Waals surface area contributed by atoms with Gasteiger partial charge in [-0.1, -0.05) is 6.92 Å². The molecule has 4 heteroatoms. The molecule has 0 saturated heterocycles. The molecule has 0 aromatic carbocycles. The molecule has 0 aliphatic rings. The fourth-order valence-electron chi connectivity index (χ4n) is 1.36. The summed E-state index contributed by atoms with van der Waals surface area (Å²) in [5.41, 5.74) is 5.20. The highest BCUT2D eigenvalue weighted by atomic mass is 16.5. The zero-order chi connectivity index (χ0) is 12.1. The maximum atomic E-state index is 12.1. The topological polar surface area (TPSA) is 55.6 Å². The van der Waals surface area contributed by atoms with E-state index in [1.165, 1.54) is 0 Å². The highest BCUT2D eigenvalue weighted by molar-refractivity contribution is 5.82. The van der Waals surface area contributed by atoms with Gasteiger partial charge in [0.2, 0.25) is 5.91 Å². The third kappa shape index (κ3) is 3.47. The van der Waals surface area contributed by atoms with E-state index >= 15 is 0 Å². The highest BCUT2D eigenvalue weighted by Crippen LogP contribution is 2.22. The molecule has 0 aromatic rings. The molecule has 0 saturated carbocycles. The van der Waals surface area contributed by atoms with Crippen molar-refractivity contribution in [3.8, 4) is 0 Å². The van der Waals surface area contributed by atoms with Crippen molar-refractivity contribution in [2.75, 3.05) is 27.3 Å². The minimum Gasteiger partial charge on any atom is -0.383 e. The van der Waals surface area contributed by atoms with Gasteiger partial charge in [-0.15, -0.1) is 0 Å². The zero-order valence-electron chi connectivity index (χ0n) is 10.5. The number of nitrogens with zero attached hydrogens (tertiary/aromatic N) is 1. The molecule has 2 unspecified atom stereocenters. The first kappa shape index (κ1) is 14.4. The van der Waals surface area contributed by atoms with E-state index in [0.29, 0.717) is 13.2 Å². The Labute approximate surface area is 92.8 Å². The molecule has 0 aliphatic carbocycles. The van der Waals surface area contributed by atoms with Gasteiger partial charge in [-0.05, 0) is 20.3 Å². The average Bonchev–Trinajstić information content (AvgIpc) is 2.26. The summed E-state index contributed by atoms with van der Waals surface area (Å²) in [6.07, 6.45) is 0.756. The molecule has 2 N–H and O–H groups in total. The van der Waals surface area contributed by atoms with E-state index < -0.39 is 5.41 Å². The van der Waals surface area contributed by atoms with Crippen LogP contribution in [0.5, 0.6) is 0 Å². The first-order valence-electron chi connectivity index (χ1n) is 5.39. The van der Waals surface area contributed by atoms with Gasteiger partial charge in [0.1, 0.15) is 0 Å². The van der Waals surface area contributed by atoms with Gasteiger partial charge < -0.3 is 15.4 Å². The monoisotopic (exact) mass is 216 g/mol. The SMILES string of the molecule is CCC(C)(CN)C(=O)N(C)C(C)COC. The van der Waals surface area contributed by atoms with Gasteiger partial charge in [-0.25, -0.2) is 0 Å². The molecule has 2 atom stereocenters. The second kappa shape index (κ2) is 6.08. The Morgan fingerprint density at radius 3 is 2.47 bits per heavy atom. The van der Waals surface area contributed by atoms with Gasteiger partial charge in [0.05, 0.1) is 18.1 Å². The van der Waals surface area contributed by atoms with Crippen molar-refractivity contribution >= 4 is 5.91 Å². The third-order valence-electron chi connectivity index (χ3n) is 3.14. The quantitative estimate of drug-likeness (QED) is 0.716. The summed E-state index contributed by atoms with van der Waals surface area (Å²) in [7, 11) is 3.44. The molecule has 4 nitrogen and oxygen atoms in total. The van der Waals surface area contributed by atoms with Crippen molar-refractivity contribution in [3.05, 3.63) is 0 Å². The molecule has 0 rings (SSSR count). The molecule has 1 amide bonds. The standard InChI is InChI=1S/C11H24N2O2/c1-6-11(3,8-12)10(14)13(4)9(2)7-15-5/h9H,6-8,12H2,1-5H3. The number of hydrogen-bond acceptors (Lipinski definition) is 3. The number of carbonyl (C=O) groups excluding carboxylic acids is 1. The first-order valence-corrected chi connectivity index (χ1v) is 5.39. The van der Waals surface area contributed by atoms with Crippen LogP contribution < -0.4 is 5.73 Å². The minimum absolute atomic E-state index is 0.0833. The van der Waals surface area contributed by atoms with Crippen LogP contribution in [-0.2, 0) is 9.53 Å². The summed E-state index contributed by atoms with van der Waals surface area (Å²) in [6, 6.07) is 0.0833. The van der Waals surface area contributed by atoms with Crippen LogP contribution in [0.15, 0.2) is 0 Å². The molecule has 90 valence electrons. The molecular formula is C11H24N2O2. The van der Waals surface area contributed by atoms with E-state index in [1.807, 2.05) is 20.8 Å². The molecule has 0 aromatic heterocycles. The van der Waals surface area contributed by atoms with E-state index in [4.69, 9.17) is 10.5 Å². The van der Waals surface area contributed by atoms with Crippen LogP contribution >= 0.6 is 0 Å².